The predicted octanol–water partition coefficient (Wildman–Crippen LogP) is 4.16. The molecule has 6 heteroatoms. The van der Waals surface area contributed by atoms with Crippen LogP contribution in [-0.2, 0) is 0 Å². The maximum absolute atomic E-state index is 13.6. The molecule has 0 amide bonds. The van der Waals surface area contributed by atoms with Crippen molar-refractivity contribution in [2.24, 2.45) is 0 Å². The monoisotopic (exact) mass is 293 g/mol. The second kappa shape index (κ2) is 4.51. The van der Waals surface area contributed by atoms with Gasteiger partial charge in [0.15, 0.2) is 5.82 Å². The first-order valence-corrected chi connectivity index (χ1v) is 6.80. The van der Waals surface area contributed by atoms with Gasteiger partial charge in [0.05, 0.1) is 15.4 Å². The van der Waals surface area contributed by atoms with E-state index in [9.17, 15) is 4.39 Å². The summed E-state index contributed by atoms with van der Waals surface area (Å²) in [6.45, 7) is 3.59. The summed E-state index contributed by atoms with van der Waals surface area (Å²) in [4.78, 5) is 13.6. The summed E-state index contributed by atoms with van der Waals surface area (Å²) in [6, 6.07) is 3.05. The molecule has 1 aromatic carbocycles. The lowest BCUT2D eigenvalue weighted by Gasteiger charge is -2.04. The number of fused-ring (bicyclic) bond motifs is 1. The molecule has 0 aliphatic carbocycles. The number of aromatic nitrogens is 3. The molecule has 0 atom stereocenters. The van der Waals surface area contributed by atoms with Gasteiger partial charge in [-0.15, -0.1) is 11.3 Å². The fourth-order valence-corrected chi connectivity index (χ4v) is 2.74. The molecular weight excluding hydrogens is 285 g/mol. The highest BCUT2D eigenvalue weighted by Gasteiger charge is 2.12. The van der Waals surface area contributed by atoms with Crippen molar-refractivity contribution in [2.45, 2.75) is 13.8 Å². The first-order valence-electron chi connectivity index (χ1n) is 5.61. The molecule has 96 valence electrons. The van der Waals surface area contributed by atoms with Crippen molar-refractivity contribution in [3.05, 3.63) is 39.9 Å². The minimum atomic E-state index is -0.297. The molecule has 0 fully saturated rings. The van der Waals surface area contributed by atoms with Crippen LogP contribution in [0.15, 0.2) is 18.3 Å². The van der Waals surface area contributed by atoms with E-state index in [-0.39, 0.29) is 5.82 Å². The van der Waals surface area contributed by atoms with Gasteiger partial charge in [0, 0.05) is 17.6 Å². The molecule has 0 aliphatic heterocycles. The van der Waals surface area contributed by atoms with Crippen molar-refractivity contribution in [1.29, 1.82) is 0 Å². The molecule has 0 radical (unpaired) electrons. The molecule has 0 saturated carbocycles. The van der Waals surface area contributed by atoms with Crippen molar-refractivity contribution in [3.63, 3.8) is 0 Å². The van der Waals surface area contributed by atoms with Gasteiger partial charge in [-0.05, 0) is 25.5 Å². The van der Waals surface area contributed by atoms with Crippen LogP contribution in [0, 0.1) is 19.7 Å². The fourth-order valence-electron chi connectivity index (χ4n) is 1.80. The molecule has 0 aliphatic rings. The molecule has 0 bridgehead atoms. The van der Waals surface area contributed by atoms with Crippen LogP contribution in [0.4, 0.5) is 4.39 Å². The predicted molar refractivity (Wildman–Crippen MR) is 75.1 cm³/mol. The Morgan fingerprint density at radius 3 is 2.68 bits per heavy atom. The molecule has 2 aromatic heterocycles. The van der Waals surface area contributed by atoms with E-state index in [1.54, 1.807) is 19.2 Å². The molecule has 0 spiro atoms. The third kappa shape index (κ3) is 2.19. The molecule has 3 nitrogen and oxygen atoms in total. The van der Waals surface area contributed by atoms with Crippen LogP contribution in [0.2, 0.25) is 5.15 Å². The summed E-state index contributed by atoms with van der Waals surface area (Å²) >= 11 is 7.63. The zero-order valence-electron chi connectivity index (χ0n) is 10.2. The Hall–Kier alpha value is -1.59. The Morgan fingerprint density at radius 1 is 1.21 bits per heavy atom. The second-order valence-electron chi connectivity index (χ2n) is 4.20. The van der Waals surface area contributed by atoms with Gasteiger partial charge >= 0.3 is 0 Å². The molecule has 0 unspecified atom stereocenters. The average Bonchev–Trinajstić information content (AvgIpc) is 2.78. The Balaban J connectivity index is 2.27. The van der Waals surface area contributed by atoms with Gasteiger partial charge in [0.25, 0.3) is 0 Å². The fraction of sp³-hybridized carbons (Fsp3) is 0.154. The minimum absolute atomic E-state index is 0.297. The largest absolute Gasteiger partial charge is 0.249 e. The summed E-state index contributed by atoms with van der Waals surface area (Å²) in [6.07, 6.45) is 1.70. The van der Waals surface area contributed by atoms with Crippen LogP contribution in [0.5, 0.6) is 0 Å². The third-order valence-corrected chi connectivity index (χ3v) is 3.97. The lowest BCUT2D eigenvalue weighted by atomic mass is 10.1. The number of nitrogens with zero attached hydrogens (tertiary/aromatic N) is 3. The van der Waals surface area contributed by atoms with E-state index >= 15 is 0 Å². The molecule has 2 heterocycles. The van der Waals surface area contributed by atoms with Crippen LogP contribution >= 0.6 is 22.9 Å². The number of aryl methyl sites for hydroxylation is 2. The van der Waals surface area contributed by atoms with E-state index in [2.05, 4.69) is 15.0 Å². The number of rotatable bonds is 1. The van der Waals surface area contributed by atoms with Crippen molar-refractivity contribution in [1.82, 2.24) is 15.0 Å². The van der Waals surface area contributed by atoms with Crippen LogP contribution in [-0.4, -0.2) is 15.0 Å². The van der Waals surface area contributed by atoms with Gasteiger partial charge in [-0.1, -0.05) is 11.6 Å². The smallest absolute Gasteiger partial charge is 0.173 e. The number of hydrogen-bond acceptors (Lipinski definition) is 4. The lowest BCUT2D eigenvalue weighted by molar-refractivity contribution is 0.620. The average molecular weight is 294 g/mol. The Morgan fingerprint density at radius 2 is 2.00 bits per heavy atom. The van der Waals surface area contributed by atoms with E-state index < -0.39 is 0 Å². The van der Waals surface area contributed by atoms with Crippen LogP contribution in [0.1, 0.15) is 10.6 Å². The van der Waals surface area contributed by atoms with Gasteiger partial charge in [0.2, 0.25) is 0 Å². The summed E-state index contributed by atoms with van der Waals surface area (Å²) in [7, 11) is 0. The Kier molecular flexibility index (Phi) is 2.95. The SMILES string of the molecule is Cc1ncc(-c2nc(Cl)c3cc(C)c(F)cc3n2)s1. The topological polar surface area (TPSA) is 38.7 Å². The molecular formula is C13H9ClFN3S. The number of hydrogen-bond donors (Lipinski definition) is 0. The zero-order valence-corrected chi connectivity index (χ0v) is 11.8. The van der Waals surface area contributed by atoms with E-state index in [1.165, 1.54) is 17.4 Å². The highest BCUT2D eigenvalue weighted by Crippen LogP contribution is 2.29. The highest BCUT2D eigenvalue weighted by molar-refractivity contribution is 7.14. The molecule has 0 N–H and O–H groups in total. The first kappa shape index (κ1) is 12.4. The van der Waals surface area contributed by atoms with E-state index in [0.717, 1.165) is 9.88 Å². The van der Waals surface area contributed by atoms with E-state index in [1.807, 2.05) is 6.92 Å². The minimum Gasteiger partial charge on any atom is -0.249 e. The van der Waals surface area contributed by atoms with Gasteiger partial charge in [-0.3, -0.25) is 0 Å². The summed E-state index contributed by atoms with van der Waals surface area (Å²) < 4.78 is 13.6. The maximum atomic E-state index is 13.6. The molecule has 3 aromatic rings. The molecule has 0 saturated heterocycles. The van der Waals surface area contributed by atoms with Crippen molar-refractivity contribution < 1.29 is 4.39 Å². The summed E-state index contributed by atoms with van der Waals surface area (Å²) in [5.74, 6) is 0.181. The van der Waals surface area contributed by atoms with E-state index in [4.69, 9.17) is 11.6 Å². The van der Waals surface area contributed by atoms with Gasteiger partial charge in [-0.25, -0.2) is 19.3 Å². The highest BCUT2D eigenvalue weighted by atomic mass is 35.5. The molecule has 19 heavy (non-hydrogen) atoms. The quantitative estimate of drug-likeness (QED) is 0.632. The summed E-state index contributed by atoms with van der Waals surface area (Å²) in [5.41, 5.74) is 1.03. The third-order valence-electron chi connectivity index (χ3n) is 2.77. The number of halogens is 2. The number of benzene rings is 1. The van der Waals surface area contributed by atoms with Crippen LogP contribution in [0.25, 0.3) is 21.6 Å². The lowest BCUT2D eigenvalue weighted by Crippen LogP contribution is -1.93. The molecule has 3 rings (SSSR count). The van der Waals surface area contributed by atoms with Gasteiger partial charge in [0.1, 0.15) is 11.0 Å². The van der Waals surface area contributed by atoms with Gasteiger partial charge < -0.3 is 0 Å². The van der Waals surface area contributed by atoms with Crippen LogP contribution in [0.3, 0.4) is 0 Å². The Bertz CT molecular complexity index is 785. The second-order valence-corrected chi connectivity index (χ2v) is 5.79. The maximum Gasteiger partial charge on any atom is 0.173 e. The number of thiazole rings is 1. The Labute approximate surface area is 118 Å². The zero-order chi connectivity index (χ0) is 13.6. The van der Waals surface area contributed by atoms with E-state index in [0.29, 0.717) is 27.4 Å². The van der Waals surface area contributed by atoms with Gasteiger partial charge in [-0.2, -0.15) is 0 Å². The van der Waals surface area contributed by atoms with Crippen LogP contribution < -0.4 is 0 Å². The van der Waals surface area contributed by atoms with Crippen molar-refractivity contribution >= 4 is 33.8 Å². The van der Waals surface area contributed by atoms with Crippen molar-refractivity contribution in [3.8, 4) is 10.7 Å². The summed E-state index contributed by atoms with van der Waals surface area (Å²) in [5, 5.41) is 1.91. The first-order chi connectivity index (χ1) is 9.04. The van der Waals surface area contributed by atoms with Crippen molar-refractivity contribution in [2.75, 3.05) is 0 Å². The standard InChI is InChI=1S/C13H9ClFN3S/c1-6-3-8-10(4-9(6)15)17-13(18-12(8)14)11-5-16-7(2)19-11/h3-5H,1-2H3. The normalized spacial score (nSPS) is 11.2.